The molecular weight excluding hydrogens is 440 g/mol. The van der Waals surface area contributed by atoms with Crippen LogP contribution in [0.5, 0.6) is 5.75 Å². The van der Waals surface area contributed by atoms with Crippen molar-refractivity contribution in [1.29, 1.82) is 0 Å². The zero-order chi connectivity index (χ0) is 21.8. The van der Waals surface area contributed by atoms with Crippen molar-refractivity contribution in [2.24, 2.45) is 0 Å². The van der Waals surface area contributed by atoms with Crippen LogP contribution in [0, 0.1) is 0 Å². The zero-order valence-electron chi connectivity index (χ0n) is 16.6. The van der Waals surface area contributed by atoms with E-state index >= 15 is 0 Å². The Morgan fingerprint density at radius 2 is 1.71 bits per heavy atom. The van der Waals surface area contributed by atoms with E-state index in [9.17, 15) is 13.2 Å². The van der Waals surface area contributed by atoms with E-state index in [1.165, 1.54) is 6.07 Å². The molecule has 0 aliphatic carbocycles. The van der Waals surface area contributed by atoms with E-state index in [1.54, 1.807) is 47.4 Å². The summed E-state index contributed by atoms with van der Waals surface area (Å²) in [5.41, 5.74) is 0.371. The minimum atomic E-state index is -3.86. The van der Waals surface area contributed by atoms with Gasteiger partial charge in [0, 0.05) is 29.2 Å². The van der Waals surface area contributed by atoms with E-state index in [1.807, 2.05) is 12.1 Å². The van der Waals surface area contributed by atoms with E-state index in [2.05, 4.69) is 4.72 Å². The first-order valence-electron chi connectivity index (χ1n) is 9.72. The fourth-order valence-electron chi connectivity index (χ4n) is 3.36. The molecule has 7 nitrogen and oxygen atoms in total. The molecular formula is C22H21ClN2O5S. The lowest BCUT2D eigenvalue weighted by Crippen LogP contribution is -2.42. The number of benzene rings is 3. The third kappa shape index (κ3) is 4.92. The summed E-state index contributed by atoms with van der Waals surface area (Å²) in [5, 5.41) is 1.58. The summed E-state index contributed by atoms with van der Waals surface area (Å²) in [6.45, 7) is 2.09. The fraction of sp³-hybridized carbons (Fsp3) is 0.227. The average molecular weight is 461 g/mol. The predicted molar refractivity (Wildman–Crippen MR) is 119 cm³/mol. The van der Waals surface area contributed by atoms with Crippen LogP contribution in [-0.4, -0.2) is 52.1 Å². The molecule has 31 heavy (non-hydrogen) atoms. The maximum atomic E-state index is 13.0. The molecule has 1 heterocycles. The van der Waals surface area contributed by atoms with E-state index in [0.717, 1.165) is 5.39 Å². The molecule has 3 aromatic rings. The van der Waals surface area contributed by atoms with Gasteiger partial charge in [-0.1, -0.05) is 35.9 Å². The Morgan fingerprint density at radius 3 is 2.42 bits per heavy atom. The number of fused-ring (bicyclic) bond motifs is 1. The molecule has 1 N–H and O–H groups in total. The highest BCUT2D eigenvalue weighted by molar-refractivity contribution is 7.93. The van der Waals surface area contributed by atoms with Gasteiger partial charge in [-0.2, -0.15) is 0 Å². The number of rotatable bonds is 6. The van der Waals surface area contributed by atoms with Gasteiger partial charge >= 0.3 is 0 Å². The first-order chi connectivity index (χ1) is 14.9. The van der Waals surface area contributed by atoms with Gasteiger partial charge in [0.2, 0.25) is 0 Å². The van der Waals surface area contributed by atoms with Crippen LogP contribution in [-0.2, 0) is 19.6 Å². The highest BCUT2D eigenvalue weighted by Gasteiger charge is 2.20. The maximum absolute atomic E-state index is 13.0. The lowest BCUT2D eigenvalue weighted by molar-refractivity contribution is -0.137. The molecule has 1 aliphatic heterocycles. The van der Waals surface area contributed by atoms with Gasteiger partial charge in [0.15, 0.2) is 6.61 Å². The first kappa shape index (κ1) is 21.4. The Kier molecular flexibility index (Phi) is 6.31. The number of carbonyl (C=O) groups excluding carboxylic acids is 1. The molecule has 1 aliphatic rings. The number of hydrogen-bond donors (Lipinski definition) is 1. The molecule has 0 bridgehead atoms. The number of ether oxygens (including phenoxy) is 2. The van der Waals surface area contributed by atoms with Crippen molar-refractivity contribution < 1.29 is 22.7 Å². The van der Waals surface area contributed by atoms with Gasteiger partial charge in [-0.3, -0.25) is 9.52 Å². The maximum Gasteiger partial charge on any atom is 0.262 e. The zero-order valence-corrected chi connectivity index (χ0v) is 18.2. The Balaban J connectivity index is 1.45. The Morgan fingerprint density at radius 1 is 1.03 bits per heavy atom. The number of halogens is 1. The minimum absolute atomic E-state index is 0.0838. The van der Waals surface area contributed by atoms with Crippen LogP contribution in [0.25, 0.3) is 10.8 Å². The second-order valence-electron chi connectivity index (χ2n) is 7.01. The van der Waals surface area contributed by atoms with Crippen LogP contribution in [0.4, 0.5) is 5.69 Å². The summed E-state index contributed by atoms with van der Waals surface area (Å²) in [4.78, 5) is 14.0. The van der Waals surface area contributed by atoms with Crippen LogP contribution in [0.2, 0.25) is 5.02 Å². The normalized spacial score (nSPS) is 14.4. The smallest absolute Gasteiger partial charge is 0.262 e. The van der Waals surface area contributed by atoms with Crippen molar-refractivity contribution in [2.75, 3.05) is 37.6 Å². The van der Waals surface area contributed by atoms with E-state index in [0.29, 0.717) is 48.1 Å². The molecule has 3 aromatic carbocycles. The highest BCUT2D eigenvalue weighted by Crippen LogP contribution is 2.31. The number of nitrogens with one attached hydrogen (secondary N) is 1. The number of amides is 1. The van der Waals surface area contributed by atoms with Crippen LogP contribution in [0.3, 0.4) is 0 Å². The van der Waals surface area contributed by atoms with Crippen LogP contribution < -0.4 is 9.46 Å². The summed E-state index contributed by atoms with van der Waals surface area (Å²) in [5.74, 6) is 0.360. The Hall–Kier alpha value is -2.81. The molecule has 162 valence electrons. The van der Waals surface area contributed by atoms with Crippen molar-refractivity contribution in [1.82, 2.24) is 4.90 Å². The topological polar surface area (TPSA) is 84.9 Å². The van der Waals surface area contributed by atoms with Gasteiger partial charge in [0.1, 0.15) is 5.75 Å². The number of carbonyl (C=O) groups is 1. The SMILES string of the molecule is O=C(COc1ccc(NS(=O)(=O)c2cccc3cccc(Cl)c23)cc1)N1CCOCC1. The molecule has 4 rings (SSSR count). The van der Waals surface area contributed by atoms with Gasteiger partial charge in [0.05, 0.1) is 18.1 Å². The van der Waals surface area contributed by atoms with Gasteiger partial charge in [-0.05, 0) is 41.8 Å². The average Bonchev–Trinajstić information content (AvgIpc) is 2.78. The largest absolute Gasteiger partial charge is 0.484 e. The van der Waals surface area contributed by atoms with Crippen LogP contribution in [0.15, 0.2) is 65.6 Å². The highest BCUT2D eigenvalue weighted by atomic mass is 35.5. The molecule has 0 radical (unpaired) electrons. The lowest BCUT2D eigenvalue weighted by Gasteiger charge is -2.26. The number of nitrogens with zero attached hydrogens (tertiary/aromatic N) is 1. The molecule has 1 amide bonds. The van der Waals surface area contributed by atoms with Crippen molar-refractivity contribution in [2.45, 2.75) is 4.90 Å². The number of hydrogen-bond acceptors (Lipinski definition) is 5. The van der Waals surface area contributed by atoms with Crippen molar-refractivity contribution >= 4 is 44.0 Å². The van der Waals surface area contributed by atoms with Crippen molar-refractivity contribution in [3.8, 4) is 5.75 Å². The molecule has 0 spiro atoms. The second-order valence-corrected chi connectivity index (χ2v) is 9.06. The van der Waals surface area contributed by atoms with Crippen LogP contribution in [0.1, 0.15) is 0 Å². The predicted octanol–water partition coefficient (Wildman–Crippen LogP) is 3.53. The van der Waals surface area contributed by atoms with Gasteiger partial charge in [0.25, 0.3) is 15.9 Å². The number of morpholine rings is 1. The van der Waals surface area contributed by atoms with E-state index in [4.69, 9.17) is 21.1 Å². The van der Waals surface area contributed by atoms with Crippen molar-refractivity contribution in [3.63, 3.8) is 0 Å². The van der Waals surface area contributed by atoms with Gasteiger partial charge in [-0.25, -0.2) is 8.42 Å². The standard InChI is InChI=1S/C22H21ClN2O5S/c23-19-5-1-3-16-4-2-6-20(22(16)19)31(27,28)24-17-7-9-18(10-8-17)30-15-21(26)25-11-13-29-14-12-25/h1-10,24H,11-15H2. The quantitative estimate of drug-likeness (QED) is 0.608. The molecule has 0 aromatic heterocycles. The van der Waals surface area contributed by atoms with E-state index in [-0.39, 0.29) is 17.4 Å². The summed E-state index contributed by atoms with van der Waals surface area (Å²) in [7, 11) is -3.86. The Labute approximate surface area is 185 Å². The molecule has 0 atom stereocenters. The van der Waals surface area contributed by atoms with E-state index < -0.39 is 10.0 Å². The fourth-order valence-corrected chi connectivity index (χ4v) is 5.01. The summed E-state index contributed by atoms with van der Waals surface area (Å²) in [6, 6.07) is 16.6. The van der Waals surface area contributed by atoms with Crippen LogP contribution >= 0.6 is 11.6 Å². The monoisotopic (exact) mass is 460 g/mol. The number of anilines is 1. The molecule has 9 heteroatoms. The first-order valence-corrected chi connectivity index (χ1v) is 11.6. The molecule has 1 fully saturated rings. The lowest BCUT2D eigenvalue weighted by atomic mass is 10.1. The van der Waals surface area contributed by atoms with Gasteiger partial charge < -0.3 is 14.4 Å². The summed E-state index contributed by atoms with van der Waals surface area (Å²) in [6.07, 6.45) is 0. The molecule has 0 unspecified atom stereocenters. The summed E-state index contributed by atoms with van der Waals surface area (Å²) < 4.78 is 39.3. The third-order valence-electron chi connectivity index (χ3n) is 4.94. The molecule has 0 saturated carbocycles. The van der Waals surface area contributed by atoms with Gasteiger partial charge in [-0.15, -0.1) is 0 Å². The third-order valence-corrected chi connectivity index (χ3v) is 6.68. The Bertz CT molecular complexity index is 1190. The second kappa shape index (κ2) is 9.13. The number of sulfonamides is 1. The minimum Gasteiger partial charge on any atom is -0.484 e. The summed E-state index contributed by atoms with van der Waals surface area (Å²) >= 11 is 6.26. The molecule has 1 saturated heterocycles. The van der Waals surface area contributed by atoms with Crippen molar-refractivity contribution in [3.05, 3.63) is 65.7 Å².